The molecule has 26 heavy (non-hydrogen) atoms. The quantitative estimate of drug-likeness (QED) is 0.739. The fraction of sp³-hybridized carbons (Fsp3) is 0.105. The lowest BCUT2D eigenvalue weighted by Crippen LogP contribution is -2.27. The number of hydrogen-bond acceptors (Lipinski definition) is 6. The molecule has 1 amide bonds. The number of nitrogens with zero attached hydrogens (tertiary/aromatic N) is 2. The molecule has 0 unspecified atom stereocenters. The molecule has 6 nitrogen and oxygen atoms in total. The largest absolute Gasteiger partial charge is 0.508 e. The average Bonchev–Trinajstić information content (AvgIpc) is 3.32. The van der Waals surface area contributed by atoms with Crippen LogP contribution in [0.25, 0.3) is 11.3 Å². The molecule has 2 aromatic carbocycles. The second kappa shape index (κ2) is 6.97. The third-order valence-electron chi connectivity index (χ3n) is 3.94. The van der Waals surface area contributed by atoms with Crippen LogP contribution in [0, 0.1) is 0 Å². The van der Waals surface area contributed by atoms with Gasteiger partial charge < -0.3 is 9.94 Å². The number of benzene rings is 2. The zero-order valence-electron chi connectivity index (χ0n) is 13.6. The lowest BCUT2D eigenvalue weighted by Gasteiger charge is -2.07. The molecule has 0 saturated carbocycles. The van der Waals surface area contributed by atoms with Gasteiger partial charge in [0.05, 0.1) is 11.4 Å². The Labute approximate surface area is 153 Å². The van der Waals surface area contributed by atoms with E-state index in [9.17, 15) is 9.90 Å². The summed E-state index contributed by atoms with van der Waals surface area (Å²) < 4.78 is 0. The van der Waals surface area contributed by atoms with E-state index in [4.69, 9.17) is 4.84 Å². The van der Waals surface area contributed by atoms with Crippen molar-refractivity contribution in [3.05, 3.63) is 65.5 Å². The minimum Gasteiger partial charge on any atom is -0.508 e. The van der Waals surface area contributed by atoms with Gasteiger partial charge in [0.15, 0.2) is 5.13 Å². The van der Waals surface area contributed by atoms with Crippen LogP contribution in [0.5, 0.6) is 5.75 Å². The van der Waals surface area contributed by atoms with Gasteiger partial charge >= 0.3 is 0 Å². The van der Waals surface area contributed by atoms with E-state index in [0.29, 0.717) is 17.2 Å². The summed E-state index contributed by atoms with van der Waals surface area (Å²) in [6.45, 7) is 0. The molecule has 1 aromatic heterocycles. The molecule has 0 spiro atoms. The molecule has 0 saturated heterocycles. The number of oxime groups is 1. The van der Waals surface area contributed by atoms with Crippen molar-refractivity contribution in [2.24, 2.45) is 5.16 Å². The molecule has 1 aliphatic heterocycles. The van der Waals surface area contributed by atoms with Crippen LogP contribution in [0.3, 0.4) is 0 Å². The number of thiazole rings is 1. The molecule has 0 radical (unpaired) electrons. The van der Waals surface area contributed by atoms with Crippen molar-refractivity contribution in [2.45, 2.75) is 12.5 Å². The van der Waals surface area contributed by atoms with Gasteiger partial charge in [-0.15, -0.1) is 11.3 Å². The highest BCUT2D eigenvalue weighted by Crippen LogP contribution is 2.27. The first-order chi connectivity index (χ1) is 12.7. The maximum absolute atomic E-state index is 12.4. The molecule has 0 aliphatic carbocycles. The monoisotopic (exact) mass is 365 g/mol. The summed E-state index contributed by atoms with van der Waals surface area (Å²) in [5.74, 6) is -0.109. The van der Waals surface area contributed by atoms with Gasteiger partial charge in [0.1, 0.15) is 5.75 Å². The molecule has 1 atom stereocenters. The first-order valence-electron chi connectivity index (χ1n) is 8.03. The number of amides is 1. The van der Waals surface area contributed by atoms with Gasteiger partial charge in [0, 0.05) is 17.4 Å². The third-order valence-corrected chi connectivity index (χ3v) is 4.70. The fourth-order valence-corrected chi connectivity index (χ4v) is 3.36. The van der Waals surface area contributed by atoms with Gasteiger partial charge in [-0.1, -0.05) is 47.6 Å². The van der Waals surface area contributed by atoms with E-state index in [1.54, 1.807) is 18.2 Å². The van der Waals surface area contributed by atoms with Crippen LogP contribution in [-0.4, -0.2) is 27.8 Å². The number of aromatic hydroxyl groups is 1. The molecule has 3 aromatic rings. The number of rotatable bonds is 4. The minimum atomic E-state index is -0.668. The van der Waals surface area contributed by atoms with Crippen molar-refractivity contribution in [1.29, 1.82) is 0 Å². The van der Waals surface area contributed by atoms with E-state index >= 15 is 0 Å². The lowest BCUT2D eigenvalue weighted by atomic mass is 10.1. The van der Waals surface area contributed by atoms with E-state index in [2.05, 4.69) is 15.5 Å². The smallest absolute Gasteiger partial charge is 0.270 e. The van der Waals surface area contributed by atoms with Crippen LogP contribution in [0.4, 0.5) is 5.13 Å². The van der Waals surface area contributed by atoms with Gasteiger partial charge in [0.25, 0.3) is 5.91 Å². The highest BCUT2D eigenvalue weighted by atomic mass is 32.1. The van der Waals surface area contributed by atoms with E-state index in [1.165, 1.54) is 11.3 Å². The van der Waals surface area contributed by atoms with Crippen molar-refractivity contribution in [1.82, 2.24) is 4.98 Å². The van der Waals surface area contributed by atoms with Gasteiger partial charge in [0.2, 0.25) is 6.10 Å². The Morgan fingerprint density at radius 3 is 2.77 bits per heavy atom. The van der Waals surface area contributed by atoms with E-state index < -0.39 is 6.10 Å². The molecule has 130 valence electrons. The molecule has 2 N–H and O–H groups in total. The molecule has 7 heteroatoms. The summed E-state index contributed by atoms with van der Waals surface area (Å²) in [6.07, 6.45) is -0.251. The van der Waals surface area contributed by atoms with Crippen LogP contribution in [-0.2, 0) is 9.63 Å². The maximum Gasteiger partial charge on any atom is 0.270 e. The molecule has 1 aliphatic rings. The Morgan fingerprint density at radius 2 is 1.96 bits per heavy atom. The SMILES string of the molecule is O=C(Nc1nc(-c2cccc(O)c2)cs1)[C@@H]1CC(c2ccccc2)=NO1. The first-order valence-corrected chi connectivity index (χ1v) is 8.91. The van der Waals surface area contributed by atoms with Gasteiger partial charge in [-0.3, -0.25) is 10.1 Å². The second-order valence-corrected chi connectivity index (χ2v) is 6.64. The average molecular weight is 365 g/mol. The van der Waals surface area contributed by atoms with E-state index in [1.807, 2.05) is 41.8 Å². The number of carbonyl (C=O) groups is 1. The zero-order valence-corrected chi connectivity index (χ0v) is 14.4. The van der Waals surface area contributed by atoms with Gasteiger partial charge in [-0.25, -0.2) is 4.98 Å². The number of hydrogen-bond donors (Lipinski definition) is 2. The fourth-order valence-electron chi connectivity index (χ4n) is 2.63. The topological polar surface area (TPSA) is 83.8 Å². The predicted molar refractivity (Wildman–Crippen MR) is 100 cm³/mol. The van der Waals surface area contributed by atoms with E-state index in [0.717, 1.165) is 16.8 Å². The van der Waals surface area contributed by atoms with Crippen molar-refractivity contribution >= 4 is 28.1 Å². The van der Waals surface area contributed by atoms with Crippen molar-refractivity contribution in [2.75, 3.05) is 5.32 Å². The normalized spacial score (nSPS) is 16.0. The summed E-state index contributed by atoms with van der Waals surface area (Å²) in [4.78, 5) is 22.1. The van der Waals surface area contributed by atoms with Crippen molar-refractivity contribution in [3.8, 4) is 17.0 Å². The number of phenols is 1. The Bertz CT molecular complexity index is 969. The molecule has 0 fully saturated rings. The van der Waals surface area contributed by atoms with Crippen molar-refractivity contribution in [3.63, 3.8) is 0 Å². The Balaban J connectivity index is 1.40. The minimum absolute atomic E-state index is 0.172. The second-order valence-electron chi connectivity index (χ2n) is 5.78. The van der Waals surface area contributed by atoms with Crippen LogP contribution in [0.2, 0.25) is 0 Å². The lowest BCUT2D eigenvalue weighted by molar-refractivity contribution is -0.125. The summed E-state index contributed by atoms with van der Waals surface area (Å²) >= 11 is 1.32. The van der Waals surface area contributed by atoms with E-state index in [-0.39, 0.29) is 11.7 Å². The molecular formula is C19H15N3O3S. The third kappa shape index (κ3) is 3.43. The Morgan fingerprint density at radius 1 is 1.15 bits per heavy atom. The molecular weight excluding hydrogens is 350 g/mol. The first kappa shape index (κ1) is 16.3. The highest BCUT2D eigenvalue weighted by molar-refractivity contribution is 7.14. The summed E-state index contributed by atoms with van der Waals surface area (Å²) in [6, 6.07) is 16.5. The number of carbonyl (C=O) groups excluding carboxylic acids is 1. The van der Waals surface area contributed by atoms with Crippen LogP contribution >= 0.6 is 11.3 Å². The predicted octanol–water partition coefficient (Wildman–Crippen LogP) is 3.65. The Kier molecular flexibility index (Phi) is 4.37. The number of aromatic nitrogens is 1. The molecule has 4 rings (SSSR count). The van der Waals surface area contributed by atoms with Crippen LogP contribution < -0.4 is 5.32 Å². The van der Waals surface area contributed by atoms with Crippen molar-refractivity contribution < 1.29 is 14.7 Å². The standard InChI is InChI=1S/C19H15N3O3S/c23-14-8-4-7-13(9-14)16-11-26-19(20-16)21-18(24)17-10-15(22-25-17)12-5-2-1-3-6-12/h1-9,11,17,23H,10H2,(H,20,21,24)/t17-/m0/s1. The summed E-state index contributed by atoms with van der Waals surface area (Å²) in [7, 11) is 0. The van der Waals surface area contributed by atoms with Gasteiger partial charge in [-0.2, -0.15) is 0 Å². The summed E-state index contributed by atoms with van der Waals surface area (Å²) in [5.41, 5.74) is 3.18. The maximum atomic E-state index is 12.4. The van der Waals surface area contributed by atoms with Crippen LogP contribution in [0.15, 0.2) is 65.1 Å². The van der Waals surface area contributed by atoms with Gasteiger partial charge in [-0.05, 0) is 17.7 Å². The van der Waals surface area contributed by atoms with Crippen LogP contribution in [0.1, 0.15) is 12.0 Å². The number of phenolic OH excluding ortho intramolecular Hbond substituents is 1. The molecule has 0 bridgehead atoms. The number of anilines is 1. The highest BCUT2D eigenvalue weighted by Gasteiger charge is 2.29. The number of nitrogens with one attached hydrogen (secondary N) is 1. The zero-order chi connectivity index (χ0) is 17.9. The Hall–Kier alpha value is -3.19. The summed E-state index contributed by atoms with van der Waals surface area (Å²) in [5, 5.41) is 18.7. The molecule has 2 heterocycles.